The Kier molecular flexibility index (Phi) is 5.21. The van der Waals surface area contributed by atoms with Gasteiger partial charge in [0.15, 0.2) is 0 Å². The van der Waals surface area contributed by atoms with E-state index in [1.54, 1.807) is 0 Å². The third kappa shape index (κ3) is 3.59. The molecule has 2 unspecified atom stereocenters. The predicted octanol–water partition coefficient (Wildman–Crippen LogP) is 7.11. The molecule has 152 valence electrons. The van der Waals surface area contributed by atoms with Gasteiger partial charge in [0.25, 0.3) is 0 Å². The maximum absolute atomic E-state index is 3.77. The maximum Gasteiger partial charge on any atom is 0.210 e. The zero-order chi connectivity index (χ0) is 21.2. The van der Waals surface area contributed by atoms with E-state index in [0.29, 0.717) is 0 Å². The summed E-state index contributed by atoms with van der Waals surface area (Å²) < 4.78 is 0. The van der Waals surface area contributed by atoms with Crippen LogP contribution in [0.3, 0.4) is 0 Å². The first kappa shape index (κ1) is 19.4. The zero-order valence-electron chi connectivity index (χ0n) is 17.9. The molecule has 0 aliphatic carbocycles. The number of benzene rings is 4. The van der Waals surface area contributed by atoms with E-state index in [1.807, 2.05) is 0 Å². The van der Waals surface area contributed by atoms with Crippen molar-refractivity contribution in [1.29, 1.82) is 0 Å². The van der Waals surface area contributed by atoms with E-state index in [0.717, 1.165) is 0 Å². The molecule has 4 aromatic carbocycles. The van der Waals surface area contributed by atoms with Gasteiger partial charge in [0, 0.05) is 11.4 Å². The lowest BCUT2D eigenvalue weighted by Crippen LogP contribution is -2.24. The molecule has 1 saturated heterocycles. The minimum atomic E-state index is 0.101. The summed E-state index contributed by atoms with van der Waals surface area (Å²) in [7, 11) is 0. The van der Waals surface area contributed by atoms with Crippen molar-refractivity contribution in [3.05, 3.63) is 138 Å². The van der Waals surface area contributed by atoms with E-state index in [9.17, 15) is 0 Å². The molecule has 2 radical (unpaired) electrons. The summed E-state index contributed by atoms with van der Waals surface area (Å²) in [6.45, 7) is 8.12. The summed E-state index contributed by atoms with van der Waals surface area (Å²) in [6.07, 6.45) is 0. The van der Waals surface area contributed by atoms with Crippen LogP contribution in [0.4, 0.5) is 11.4 Å². The van der Waals surface area contributed by atoms with E-state index in [2.05, 4.69) is 140 Å². The Hall–Kier alpha value is -3.52. The van der Waals surface area contributed by atoms with Gasteiger partial charge >= 0.3 is 0 Å². The van der Waals surface area contributed by atoms with E-state index >= 15 is 0 Å². The van der Waals surface area contributed by atoms with Crippen molar-refractivity contribution in [2.45, 2.75) is 25.9 Å². The summed E-state index contributed by atoms with van der Waals surface area (Å²) in [6, 6.07) is 39.0. The lowest BCUT2D eigenvalue weighted by atomic mass is 9.92. The molecule has 4 aromatic rings. The van der Waals surface area contributed by atoms with Gasteiger partial charge in [-0.05, 0) is 48.2 Å². The Balaban J connectivity index is 1.73. The largest absolute Gasteiger partial charge is 0.331 e. The predicted molar refractivity (Wildman–Crippen MR) is 129 cm³/mol. The van der Waals surface area contributed by atoms with Crippen molar-refractivity contribution >= 4 is 11.4 Å². The zero-order valence-corrected chi connectivity index (χ0v) is 17.9. The Morgan fingerprint density at radius 3 is 1.23 bits per heavy atom. The molecule has 0 N–H and O–H groups in total. The summed E-state index contributed by atoms with van der Waals surface area (Å²) in [5.41, 5.74) is 7.43. The minimum absolute atomic E-state index is 0.101. The van der Waals surface area contributed by atoms with Crippen LogP contribution in [-0.4, -0.2) is 0 Å². The van der Waals surface area contributed by atoms with Crippen LogP contribution in [0.2, 0.25) is 0 Å². The third-order valence-corrected chi connectivity index (χ3v) is 6.10. The Morgan fingerprint density at radius 1 is 0.484 bits per heavy atom. The van der Waals surface area contributed by atoms with Crippen LogP contribution in [0, 0.1) is 20.5 Å². The van der Waals surface area contributed by atoms with Crippen LogP contribution >= 0.6 is 0 Å². The van der Waals surface area contributed by atoms with Gasteiger partial charge < -0.3 is 9.80 Å². The van der Waals surface area contributed by atoms with Gasteiger partial charge in [0.1, 0.15) is 0 Å². The smallest absolute Gasteiger partial charge is 0.210 e. The van der Waals surface area contributed by atoms with Crippen LogP contribution in [0.5, 0.6) is 0 Å². The van der Waals surface area contributed by atoms with Crippen LogP contribution < -0.4 is 9.80 Å². The second kappa shape index (κ2) is 8.31. The second-order valence-electron chi connectivity index (χ2n) is 8.12. The first-order chi connectivity index (χ1) is 15.2. The fraction of sp³-hybridized carbons (Fsp3) is 0.138. The second-order valence-corrected chi connectivity index (χ2v) is 8.12. The van der Waals surface area contributed by atoms with E-state index in [4.69, 9.17) is 0 Å². The summed E-state index contributed by atoms with van der Waals surface area (Å²) in [5.74, 6) is 0. The van der Waals surface area contributed by atoms with Gasteiger partial charge in [-0.25, -0.2) is 0 Å². The normalized spacial score (nSPS) is 18.4. The summed E-state index contributed by atoms with van der Waals surface area (Å²) >= 11 is 0. The Morgan fingerprint density at radius 2 is 0.839 bits per heavy atom. The Labute approximate surface area is 185 Å². The molecular formula is C29H26N2. The maximum atomic E-state index is 3.77. The highest BCUT2D eigenvalue weighted by Crippen LogP contribution is 2.50. The topological polar surface area (TPSA) is 6.48 Å². The van der Waals surface area contributed by atoms with Crippen LogP contribution in [-0.2, 0) is 0 Å². The molecule has 1 fully saturated rings. The van der Waals surface area contributed by atoms with Gasteiger partial charge in [0.2, 0.25) is 6.67 Å². The van der Waals surface area contributed by atoms with E-state index in [-0.39, 0.29) is 12.1 Å². The molecule has 0 amide bonds. The number of hydrogen-bond donors (Lipinski definition) is 0. The molecule has 0 bridgehead atoms. The van der Waals surface area contributed by atoms with E-state index in [1.165, 1.54) is 33.6 Å². The molecule has 2 atom stereocenters. The number of aryl methyl sites for hydroxylation is 2. The lowest BCUT2D eigenvalue weighted by molar-refractivity contribution is 0.617. The van der Waals surface area contributed by atoms with Crippen molar-refractivity contribution in [2.24, 2.45) is 0 Å². The Bertz CT molecular complexity index is 1060. The fourth-order valence-electron chi connectivity index (χ4n) is 4.56. The van der Waals surface area contributed by atoms with Crippen molar-refractivity contribution in [2.75, 3.05) is 9.80 Å². The standard InChI is InChI=1S/C29H26N2/c1-22-13-9-11-19-26(22)30-21-31(27-20-12-10-14-23(27)2)29(25-17-7-4-8-18-25)28(30)24-15-5-3-6-16-24/h3-20,28-29H,1-2H3. The van der Waals surface area contributed by atoms with Crippen molar-refractivity contribution in [3.8, 4) is 0 Å². The molecule has 0 spiro atoms. The lowest BCUT2D eigenvalue weighted by Gasteiger charge is -2.31. The first-order valence-electron chi connectivity index (χ1n) is 10.8. The van der Waals surface area contributed by atoms with Gasteiger partial charge in [-0.1, -0.05) is 97.1 Å². The SMILES string of the molecule is Cc1ccccc1N1[C]N(c2ccccc2C)C(c2ccccc2)C1c1ccccc1. The fourth-order valence-corrected chi connectivity index (χ4v) is 4.56. The third-order valence-electron chi connectivity index (χ3n) is 6.10. The first-order valence-corrected chi connectivity index (χ1v) is 10.8. The van der Waals surface area contributed by atoms with Crippen LogP contribution in [0.15, 0.2) is 109 Å². The molecule has 2 heteroatoms. The molecule has 2 nitrogen and oxygen atoms in total. The molecule has 0 aromatic heterocycles. The van der Waals surface area contributed by atoms with E-state index < -0.39 is 0 Å². The monoisotopic (exact) mass is 402 g/mol. The van der Waals surface area contributed by atoms with Gasteiger partial charge in [0.05, 0.1) is 12.1 Å². The number of anilines is 2. The summed E-state index contributed by atoms with van der Waals surface area (Å²) in [4.78, 5) is 4.66. The van der Waals surface area contributed by atoms with Gasteiger partial charge in [-0.15, -0.1) is 0 Å². The molecule has 1 aliphatic rings. The molecule has 31 heavy (non-hydrogen) atoms. The molecule has 5 rings (SSSR count). The highest BCUT2D eigenvalue weighted by Gasteiger charge is 2.44. The summed E-state index contributed by atoms with van der Waals surface area (Å²) in [5, 5.41) is 0. The molecule has 0 saturated carbocycles. The average Bonchev–Trinajstić information content (AvgIpc) is 3.21. The quantitative estimate of drug-likeness (QED) is 0.359. The molecular weight excluding hydrogens is 376 g/mol. The van der Waals surface area contributed by atoms with Crippen molar-refractivity contribution in [1.82, 2.24) is 0 Å². The van der Waals surface area contributed by atoms with Crippen LogP contribution in [0.1, 0.15) is 34.3 Å². The highest BCUT2D eigenvalue weighted by molar-refractivity contribution is 5.67. The van der Waals surface area contributed by atoms with Crippen molar-refractivity contribution < 1.29 is 0 Å². The van der Waals surface area contributed by atoms with Gasteiger partial charge in [-0.2, -0.15) is 0 Å². The van der Waals surface area contributed by atoms with Crippen LogP contribution in [0.25, 0.3) is 0 Å². The van der Waals surface area contributed by atoms with Gasteiger partial charge in [-0.3, -0.25) is 0 Å². The number of para-hydroxylation sites is 2. The number of hydrogen-bond acceptors (Lipinski definition) is 2. The number of nitrogens with zero attached hydrogens (tertiary/aromatic N) is 2. The molecule has 1 heterocycles. The highest BCUT2D eigenvalue weighted by atomic mass is 15.4. The van der Waals surface area contributed by atoms with Crippen molar-refractivity contribution in [3.63, 3.8) is 0 Å². The molecule has 1 aliphatic heterocycles. The number of rotatable bonds is 4. The average molecular weight is 403 g/mol. The minimum Gasteiger partial charge on any atom is -0.331 e.